The zero-order valence-electron chi connectivity index (χ0n) is 14.6. The summed E-state index contributed by atoms with van der Waals surface area (Å²) in [6.07, 6.45) is 0. The fourth-order valence-corrected chi connectivity index (χ4v) is 3.23. The fourth-order valence-electron chi connectivity index (χ4n) is 2.58. The number of hydrogen-bond acceptors (Lipinski definition) is 5. The molecule has 2 aromatic heterocycles. The Morgan fingerprint density at radius 1 is 0.862 bits per heavy atom. The van der Waals surface area contributed by atoms with Gasteiger partial charge in [-0.1, -0.05) is 58.2 Å². The number of amides is 1. The van der Waals surface area contributed by atoms with E-state index < -0.39 is 5.91 Å². The highest BCUT2D eigenvalue weighted by Gasteiger charge is 2.16. The molecule has 2 heterocycles. The normalized spacial score (nSPS) is 10.7. The summed E-state index contributed by atoms with van der Waals surface area (Å²) in [6.45, 7) is 0. The van der Waals surface area contributed by atoms with Gasteiger partial charge in [-0.15, -0.1) is 0 Å². The van der Waals surface area contributed by atoms with E-state index in [1.165, 1.54) is 0 Å². The summed E-state index contributed by atoms with van der Waals surface area (Å²) >= 11 is 18.4. The van der Waals surface area contributed by atoms with Gasteiger partial charge >= 0.3 is 0 Å². The maximum Gasteiger partial charge on any atom is 0.274 e. The number of carbonyl (C=O) groups excluding carboxylic acids is 1. The van der Waals surface area contributed by atoms with Crippen LogP contribution in [0.4, 0.5) is 5.69 Å². The van der Waals surface area contributed by atoms with Crippen molar-refractivity contribution in [3.63, 3.8) is 0 Å². The SMILES string of the molecule is O=C(Nc1ccc(-c2noc(-c3ccccc3Cl)n2)c(Cl)c1)c1cccc(Cl)n1. The molecule has 6 nitrogen and oxygen atoms in total. The second-order valence-electron chi connectivity index (χ2n) is 5.90. The van der Waals surface area contributed by atoms with Gasteiger partial charge in [-0.05, 0) is 42.5 Å². The lowest BCUT2D eigenvalue weighted by atomic mass is 10.2. The second-order valence-corrected chi connectivity index (χ2v) is 7.10. The number of carbonyl (C=O) groups is 1. The molecule has 0 aliphatic carbocycles. The minimum Gasteiger partial charge on any atom is -0.334 e. The van der Waals surface area contributed by atoms with Crippen molar-refractivity contribution in [2.24, 2.45) is 0 Å². The molecule has 0 bridgehead atoms. The molecule has 4 aromatic rings. The van der Waals surface area contributed by atoms with Gasteiger partial charge in [0.15, 0.2) is 0 Å². The lowest BCUT2D eigenvalue weighted by Gasteiger charge is -2.07. The molecule has 0 radical (unpaired) electrons. The summed E-state index contributed by atoms with van der Waals surface area (Å²) in [6, 6.07) is 16.9. The highest BCUT2D eigenvalue weighted by Crippen LogP contribution is 2.32. The minimum absolute atomic E-state index is 0.195. The van der Waals surface area contributed by atoms with Crippen LogP contribution in [0.1, 0.15) is 10.5 Å². The highest BCUT2D eigenvalue weighted by atomic mass is 35.5. The Hall–Kier alpha value is -2.93. The van der Waals surface area contributed by atoms with Gasteiger partial charge in [0.1, 0.15) is 10.8 Å². The third-order valence-corrected chi connectivity index (χ3v) is 4.80. The molecule has 0 saturated heterocycles. The summed E-state index contributed by atoms with van der Waals surface area (Å²) in [5, 5.41) is 7.76. The van der Waals surface area contributed by atoms with Crippen LogP contribution in [-0.4, -0.2) is 21.0 Å². The first kappa shape index (κ1) is 19.4. The van der Waals surface area contributed by atoms with Crippen molar-refractivity contribution < 1.29 is 9.32 Å². The standard InChI is InChI=1S/C20H11Cl3N4O2/c21-14-5-2-1-4-13(14)20-26-18(27-29-20)12-9-8-11(10-15(12)22)24-19(28)16-6-3-7-17(23)25-16/h1-10H,(H,24,28). The topological polar surface area (TPSA) is 80.9 Å². The van der Waals surface area contributed by atoms with Crippen LogP contribution in [0.3, 0.4) is 0 Å². The van der Waals surface area contributed by atoms with E-state index in [1.54, 1.807) is 48.5 Å². The summed E-state index contributed by atoms with van der Waals surface area (Å²) in [7, 11) is 0. The van der Waals surface area contributed by atoms with Crippen LogP contribution in [0.5, 0.6) is 0 Å². The Labute approximate surface area is 180 Å². The van der Waals surface area contributed by atoms with Gasteiger partial charge in [0.2, 0.25) is 5.82 Å². The van der Waals surface area contributed by atoms with Crippen LogP contribution < -0.4 is 5.32 Å². The first-order chi connectivity index (χ1) is 14.0. The zero-order valence-corrected chi connectivity index (χ0v) is 16.8. The van der Waals surface area contributed by atoms with E-state index in [9.17, 15) is 4.79 Å². The van der Waals surface area contributed by atoms with Gasteiger partial charge in [-0.2, -0.15) is 4.98 Å². The van der Waals surface area contributed by atoms with E-state index in [2.05, 4.69) is 20.4 Å². The number of benzene rings is 2. The van der Waals surface area contributed by atoms with Gasteiger partial charge < -0.3 is 9.84 Å². The maximum absolute atomic E-state index is 12.3. The molecule has 0 saturated carbocycles. The molecule has 9 heteroatoms. The largest absolute Gasteiger partial charge is 0.334 e. The average Bonchev–Trinajstić information content (AvgIpc) is 3.18. The van der Waals surface area contributed by atoms with Crippen LogP contribution >= 0.6 is 34.8 Å². The van der Waals surface area contributed by atoms with Crippen LogP contribution in [-0.2, 0) is 0 Å². The number of nitrogens with one attached hydrogen (secondary N) is 1. The van der Waals surface area contributed by atoms with Crippen LogP contribution in [0.25, 0.3) is 22.8 Å². The molecule has 4 rings (SSSR count). The number of rotatable bonds is 4. The van der Waals surface area contributed by atoms with Crippen molar-refractivity contribution in [2.45, 2.75) is 0 Å². The van der Waals surface area contributed by atoms with Crippen molar-refractivity contribution in [1.82, 2.24) is 15.1 Å². The van der Waals surface area contributed by atoms with E-state index in [1.807, 2.05) is 12.1 Å². The summed E-state index contributed by atoms with van der Waals surface area (Å²) in [5.74, 6) is 0.183. The second kappa shape index (κ2) is 8.21. The fraction of sp³-hybridized carbons (Fsp3) is 0. The molecule has 0 unspecified atom stereocenters. The van der Waals surface area contributed by atoms with Crippen molar-refractivity contribution in [3.8, 4) is 22.8 Å². The summed E-state index contributed by atoms with van der Waals surface area (Å²) in [4.78, 5) is 20.6. The Balaban J connectivity index is 1.57. The van der Waals surface area contributed by atoms with Gasteiger partial charge in [0.25, 0.3) is 11.8 Å². The lowest BCUT2D eigenvalue weighted by molar-refractivity contribution is 0.102. The van der Waals surface area contributed by atoms with E-state index in [-0.39, 0.29) is 16.7 Å². The smallest absolute Gasteiger partial charge is 0.274 e. The molecular weight excluding hydrogens is 435 g/mol. The molecule has 0 fully saturated rings. The molecule has 0 aliphatic rings. The first-order valence-electron chi connectivity index (χ1n) is 8.34. The molecule has 29 heavy (non-hydrogen) atoms. The summed E-state index contributed by atoms with van der Waals surface area (Å²) < 4.78 is 5.31. The van der Waals surface area contributed by atoms with Gasteiger partial charge in [-0.3, -0.25) is 4.79 Å². The van der Waals surface area contributed by atoms with E-state index >= 15 is 0 Å². The molecule has 0 atom stereocenters. The monoisotopic (exact) mass is 444 g/mol. The van der Waals surface area contributed by atoms with Crippen LogP contribution in [0.15, 0.2) is 65.2 Å². The minimum atomic E-state index is -0.406. The third kappa shape index (κ3) is 4.24. The summed E-state index contributed by atoms with van der Waals surface area (Å²) in [5.41, 5.74) is 1.86. The predicted molar refractivity (Wildman–Crippen MR) is 112 cm³/mol. The highest BCUT2D eigenvalue weighted by molar-refractivity contribution is 6.34. The lowest BCUT2D eigenvalue weighted by Crippen LogP contribution is -2.13. The zero-order chi connectivity index (χ0) is 20.4. The number of halogens is 3. The van der Waals surface area contributed by atoms with Crippen LogP contribution in [0.2, 0.25) is 15.2 Å². The van der Waals surface area contributed by atoms with Crippen molar-refractivity contribution >= 4 is 46.4 Å². The Morgan fingerprint density at radius 2 is 1.69 bits per heavy atom. The molecule has 2 aromatic carbocycles. The number of anilines is 1. The average molecular weight is 446 g/mol. The Bertz CT molecular complexity index is 1210. The van der Waals surface area contributed by atoms with E-state index in [0.717, 1.165) is 0 Å². The van der Waals surface area contributed by atoms with Crippen molar-refractivity contribution in [2.75, 3.05) is 5.32 Å². The molecule has 0 aliphatic heterocycles. The number of pyridine rings is 1. The van der Waals surface area contributed by atoms with Crippen molar-refractivity contribution in [3.05, 3.63) is 81.6 Å². The predicted octanol–water partition coefficient (Wildman–Crippen LogP) is 6.01. The first-order valence-corrected chi connectivity index (χ1v) is 9.47. The molecule has 1 N–H and O–H groups in total. The Morgan fingerprint density at radius 3 is 2.45 bits per heavy atom. The van der Waals surface area contributed by atoms with Gasteiger partial charge in [0, 0.05) is 11.3 Å². The van der Waals surface area contributed by atoms with E-state index in [0.29, 0.717) is 32.7 Å². The number of aromatic nitrogens is 3. The Kier molecular flexibility index (Phi) is 5.49. The number of nitrogens with zero attached hydrogens (tertiary/aromatic N) is 3. The molecule has 144 valence electrons. The maximum atomic E-state index is 12.3. The third-order valence-electron chi connectivity index (χ3n) is 3.95. The van der Waals surface area contributed by atoms with Gasteiger partial charge in [-0.25, -0.2) is 4.98 Å². The molecular formula is C20H11Cl3N4O2. The van der Waals surface area contributed by atoms with Crippen LogP contribution in [0, 0.1) is 0 Å². The van der Waals surface area contributed by atoms with Gasteiger partial charge in [0.05, 0.1) is 15.6 Å². The quantitative estimate of drug-likeness (QED) is 0.389. The molecule has 0 spiro atoms. The van der Waals surface area contributed by atoms with E-state index in [4.69, 9.17) is 39.3 Å². The van der Waals surface area contributed by atoms with Crippen molar-refractivity contribution in [1.29, 1.82) is 0 Å². The molecule has 1 amide bonds. The number of hydrogen-bond donors (Lipinski definition) is 1.